The van der Waals surface area contributed by atoms with Crippen LogP contribution in [-0.2, 0) is 6.42 Å². The Kier molecular flexibility index (Phi) is 3.17. The summed E-state index contributed by atoms with van der Waals surface area (Å²) in [6, 6.07) is 14.1. The second-order valence-corrected chi connectivity index (χ2v) is 5.23. The molecule has 0 amide bonds. The predicted octanol–water partition coefficient (Wildman–Crippen LogP) is 4.90. The fourth-order valence-electron chi connectivity index (χ4n) is 2.35. The van der Waals surface area contributed by atoms with E-state index >= 15 is 0 Å². The Hall–Kier alpha value is -1.58. The van der Waals surface area contributed by atoms with Gasteiger partial charge in [-0.2, -0.15) is 0 Å². The average Bonchev–Trinajstić information content (AvgIpc) is 2.73. The largest absolute Gasteiger partial charge is 0.330 e. The monoisotopic (exact) mass is 288 g/mol. The van der Waals surface area contributed by atoms with Crippen LogP contribution in [0.25, 0.3) is 16.7 Å². The van der Waals surface area contributed by atoms with E-state index in [4.69, 9.17) is 23.8 Å². The number of aromatic nitrogens is 2. The minimum Gasteiger partial charge on any atom is -0.330 e. The second-order valence-electron chi connectivity index (χ2n) is 4.41. The summed E-state index contributed by atoms with van der Waals surface area (Å²) in [5, 5.41) is 0.708. The fraction of sp³-hybridized carbons (Fsp3) is 0.133. The highest BCUT2D eigenvalue weighted by Crippen LogP contribution is 2.24. The van der Waals surface area contributed by atoms with Crippen molar-refractivity contribution in [2.24, 2.45) is 0 Å². The summed E-state index contributed by atoms with van der Waals surface area (Å²) in [5.41, 5.74) is 4.41. The lowest BCUT2D eigenvalue weighted by Gasteiger charge is -2.09. The molecule has 0 aliphatic rings. The highest BCUT2D eigenvalue weighted by atomic mass is 35.5. The number of fused-ring (bicyclic) bond motifs is 1. The summed E-state index contributed by atoms with van der Waals surface area (Å²) in [6.45, 7) is 2.15. The number of aryl methyl sites for hydroxylation is 1. The van der Waals surface area contributed by atoms with Crippen LogP contribution >= 0.6 is 23.8 Å². The highest BCUT2D eigenvalue weighted by molar-refractivity contribution is 7.71. The van der Waals surface area contributed by atoms with Gasteiger partial charge in [0.2, 0.25) is 0 Å². The molecule has 0 saturated heterocycles. The van der Waals surface area contributed by atoms with E-state index in [1.54, 1.807) is 0 Å². The highest BCUT2D eigenvalue weighted by Gasteiger charge is 2.09. The van der Waals surface area contributed by atoms with Crippen molar-refractivity contribution in [1.82, 2.24) is 9.55 Å². The number of para-hydroxylation sites is 1. The molecule has 0 saturated carbocycles. The van der Waals surface area contributed by atoms with Crippen molar-refractivity contribution in [2.45, 2.75) is 13.3 Å². The first-order valence-electron chi connectivity index (χ1n) is 6.19. The molecular formula is C15H13ClN2S. The molecule has 1 N–H and O–H groups in total. The number of nitrogens with one attached hydrogen (secondary N) is 1. The van der Waals surface area contributed by atoms with Gasteiger partial charge in [-0.1, -0.05) is 36.7 Å². The molecule has 1 aromatic heterocycles. The molecule has 1 heterocycles. The minimum absolute atomic E-state index is 0.693. The smallest absolute Gasteiger partial charge is 0.182 e. The molecule has 2 nitrogen and oxygen atoms in total. The molecule has 0 bridgehead atoms. The summed E-state index contributed by atoms with van der Waals surface area (Å²) >= 11 is 11.5. The van der Waals surface area contributed by atoms with Crippen LogP contribution in [0.1, 0.15) is 12.5 Å². The number of aromatic amines is 1. The lowest BCUT2D eigenvalue weighted by Crippen LogP contribution is -1.98. The maximum absolute atomic E-state index is 6.02. The number of hydrogen-bond donors (Lipinski definition) is 1. The molecular weight excluding hydrogens is 276 g/mol. The number of H-pyrrole nitrogens is 1. The molecule has 0 spiro atoms. The van der Waals surface area contributed by atoms with Crippen molar-refractivity contribution >= 4 is 34.9 Å². The van der Waals surface area contributed by atoms with Crippen LogP contribution in [0, 0.1) is 4.77 Å². The topological polar surface area (TPSA) is 20.7 Å². The van der Waals surface area contributed by atoms with Crippen LogP contribution in [0.15, 0.2) is 42.5 Å². The Morgan fingerprint density at radius 1 is 1.21 bits per heavy atom. The Morgan fingerprint density at radius 3 is 2.79 bits per heavy atom. The van der Waals surface area contributed by atoms with Crippen molar-refractivity contribution in [3.8, 4) is 5.69 Å². The van der Waals surface area contributed by atoms with E-state index in [0.717, 1.165) is 23.1 Å². The van der Waals surface area contributed by atoms with E-state index in [2.05, 4.69) is 34.7 Å². The van der Waals surface area contributed by atoms with Gasteiger partial charge in [-0.3, -0.25) is 4.57 Å². The first-order chi connectivity index (χ1) is 9.20. The molecule has 96 valence electrons. The van der Waals surface area contributed by atoms with Gasteiger partial charge in [0.15, 0.2) is 4.77 Å². The maximum Gasteiger partial charge on any atom is 0.182 e. The quantitative estimate of drug-likeness (QED) is 0.665. The Labute approximate surface area is 121 Å². The first kappa shape index (κ1) is 12.5. The Bertz CT molecular complexity index is 801. The van der Waals surface area contributed by atoms with Gasteiger partial charge in [0, 0.05) is 5.02 Å². The summed E-state index contributed by atoms with van der Waals surface area (Å²) < 4.78 is 2.76. The normalized spacial score (nSPS) is 11.1. The first-order valence-corrected chi connectivity index (χ1v) is 6.98. The molecule has 0 fully saturated rings. The molecule has 3 aromatic rings. The number of hydrogen-bond acceptors (Lipinski definition) is 1. The van der Waals surface area contributed by atoms with Crippen molar-refractivity contribution in [3.05, 3.63) is 57.8 Å². The molecule has 4 heteroatoms. The molecule has 3 rings (SSSR count). The molecule has 0 unspecified atom stereocenters. The van der Waals surface area contributed by atoms with Crippen molar-refractivity contribution < 1.29 is 0 Å². The zero-order valence-electron chi connectivity index (χ0n) is 10.5. The number of nitrogens with zero attached hydrogens (tertiary/aromatic N) is 1. The van der Waals surface area contributed by atoms with Crippen LogP contribution < -0.4 is 0 Å². The summed E-state index contributed by atoms with van der Waals surface area (Å²) in [6.07, 6.45) is 0.970. The average molecular weight is 289 g/mol. The van der Waals surface area contributed by atoms with Crippen LogP contribution in [0.3, 0.4) is 0 Å². The molecule has 0 aliphatic heterocycles. The van der Waals surface area contributed by atoms with Crippen LogP contribution in [0.4, 0.5) is 0 Å². The molecule has 0 aliphatic carbocycles. The third-order valence-corrected chi connectivity index (χ3v) is 3.78. The standard InChI is InChI=1S/C15H13ClN2S/c1-2-10-5-3-4-6-13(10)18-14-8-7-11(16)9-12(14)17-15(18)19/h3-9H,2H2,1H3,(H,17,19). The summed E-state index contributed by atoms with van der Waals surface area (Å²) in [4.78, 5) is 3.21. The second kappa shape index (κ2) is 4.83. The zero-order chi connectivity index (χ0) is 13.4. The molecule has 0 atom stereocenters. The van der Waals surface area contributed by atoms with Crippen LogP contribution in [0.5, 0.6) is 0 Å². The maximum atomic E-state index is 6.02. The molecule has 2 aromatic carbocycles. The molecule has 19 heavy (non-hydrogen) atoms. The van der Waals surface area contributed by atoms with E-state index in [0.29, 0.717) is 9.79 Å². The van der Waals surface area contributed by atoms with Gasteiger partial charge in [0.1, 0.15) is 0 Å². The van der Waals surface area contributed by atoms with Gasteiger partial charge in [0.25, 0.3) is 0 Å². The summed E-state index contributed by atoms with van der Waals surface area (Å²) in [7, 11) is 0. The zero-order valence-corrected chi connectivity index (χ0v) is 12.1. The Balaban J connectivity index is 2.36. The number of benzene rings is 2. The van der Waals surface area contributed by atoms with Crippen molar-refractivity contribution in [1.29, 1.82) is 0 Å². The van der Waals surface area contributed by atoms with Gasteiger partial charge >= 0.3 is 0 Å². The van der Waals surface area contributed by atoms with E-state index < -0.39 is 0 Å². The lowest BCUT2D eigenvalue weighted by molar-refractivity contribution is 1.01. The third kappa shape index (κ3) is 2.09. The van der Waals surface area contributed by atoms with Gasteiger partial charge in [0.05, 0.1) is 16.7 Å². The van der Waals surface area contributed by atoms with Crippen LogP contribution in [0.2, 0.25) is 5.02 Å². The third-order valence-electron chi connectivity index (χ3n) is 3.26. The van der Waals surface area contributed by atoms with Gasteiger partial charge in [-0.15, -0.1) is 0 Å². The minimum atomic E-state index is 0.693. The predicted molar refractivity (Wildman–Crippen MR) is 82.8 cm³/mol. The fourth-order valence-corrected chi connectivity index (χ4v) is 2.83. The van der Waals surface area contributed by atoms with Crippen molar-refractivity contribution in [2.75, 3.05) is 0 Å². The molecule has 0 radical (unpaired) electrons. The van der Waals surface area contributed by atoms with Gasteiger partial charge < -0.3 is 4.98 Å². The lowest BCUT2D eigenvalue weighted by atomic mass is 10.1. The van der Waals surface area contributed by atoms with E-state index in [-0.39, 0.29) is 0 Å². The van der Waals surface area contributed by atoms with E-state index in [1.165, 1.54) is 5.56 Å². The summed E-state index contributed by atoms with van der Waals surface area (Å²) in [5.74, 6) is 0. The van der Waals surface area contributed by atoms with Crippen LogP contribution in [-0.4, -0.2) is 9.55 Å². The van der Waals surface area contributed by atoms with Gasteiger partial charge in [-0.25, -0.2) is 0 Å². The van der Waals surface area contributed by atoms with Gasteiger partial charge in [-0.05, 0) is 48.5 Å². The number of halogens is 1. The Morgan fingerprint density at radius 2 is 2.00 bits per heavy atom. The van der Waals surface area contributed by atoms with E-state index in [1.807, 2.05) is 24.3 Å². The van der Waals surface area contributed by atoms with E-state index in [9.17, 15) is 0 Å². The number of rotatable bonds is 2. The van der Waals surface area contributed by atoms with Crippen molar-refractivity contribution in [3.63, 3.8) is 0 Å². The SMILES string of the molecule is CCc1ccccc1-n1c(=S)[nH]c2cc(Cl)ccc21. The number of imidazole rings is 1.